The highest BCUT2D eigenvalue weighted by Gasteiger charge is 2.25. The molecule has 0 bridgehead atoms. The number of nitrogens with zero attached hydrogens (tertiary/aromatic N) is 2. The summed E-state index contributed by atoms with van der Waals surface area (Å²) in [6.07, 6.45) is 2.98. The van der Waals surface area contributed by atoms with Crippen LogP contribution in [-0.4, -0.2) is 50.5 Å². The van der Waals surface area contributed by atoms with E-state index in [0.29, 0.717) is 23.7 Å². The molecule has 0 aliphatic carbocycles. The standard InChI is InChI=1S/C21H22FN3O3/c1-24(2)11-12-25-18-9-8-17(13-19(18)28-14-21(25)27)23-20(26)10-5-15-3-6-16(22)7-4-15/h3-10,13H,11-12,14H2,1-2H3,(H,23,26)/b10-5+. The fourth-order valence-electron chi connectivity index (χ4n) is 2.76. The van der Waals surface area contributed by atoms with Crippen LogP contribution in [0.4, 0.5) is 15.8 Å². The minimum Gasteiger partial charge on any atom is -0.481 e. The average Bonchev–Trinajstić information content (AvgIpc) is 2.66. The number of carbonyl (C=O) groups excluding carboxylic acids is 2. The molecule has 1 aliphatic heterocycles. The van der Waals surface area contributed by atoms with Gasteiger partial charge in [0.25, 0.3) is 5.91 Å². The zero-order valence-corrected chi connectivity index (χ0v) is 15.8. The van der Waals surface area contributed by atoms with E-state index in [1.54, 1.807) is 41.3 Å². The first-order chi connectivity index (χ1) is 13.4. The summed E-state index contributed by atoms with van der Waals surface area (Å²) in [5.74, 6) is -0.179. The number of nitrogens with one attached hydrogen (secondary N) is 1. The Morgan fingerprint density at radius 2 is 2.00 bits per heavy atom. The molecule has 0 atom stereocenters. The molecule has 0 unspecified atom stereocenters. The fourth-order valence-corrected chi connectivity index (χ4v) is 2.76. The van der Waals surface area contributed by atoms with Crippen molar-refractivity contribution in [3.8, 4) is 5.75 Å². The Labute approximate surface area is 163 Å². The number of rotatable bonds is 6. The normalized spacial score (nSPS) is 13.6. The maximum atomic E-state index is 12.9. The van der Waals surface area contributed by atoms with Crippen molar-refractivity contribution in [1.82, 2.24) is 4.90 Å². The minimum atomic E-state index is -0.325. The molecule has 146 valence electrons. The van der Waals surface area contributed by atoms with Gasteiger partial charge in [0, 0.05) is 30.9 Å². The Morgan fingerprint density at radius 1 is 1.25 bits per heavy atom. The number of amides is 2. The molecule has 0 radical (unpaired) electrons. The van der Waals surface area contributed by atoms with Crippen molar-refractivity contribution in [2.45, 2.75) is 0 Å². The van der Waals surface area contributed by atoms with Crippen LogP contribution in [0.25, 0.3) is 6.08 Å². The molecule has 3 rings (SSSR count). The number of fused-ring (bicyclic) bond motifs is 1. The zero-order chi connectivity index (χ0) is 20.1. The second-order valence-electron chi connectivity index (χ2n) is 6.69. The van der Waals surface area contributed by atoms with Gasteiger partial charge in [-0.1, -0.05) is 12.1 Å². The first-order valence-corrected chi connectivity index (χ1v) is 8.89. The van der Waals surface area contributed by atoms with E-state index in [0.717, 1.165) is 12.1 Å². The van der Waals surface area contributed by atoms with Crippen LogP contribution in [0.2, 0.25) is 0 Å². The monoisotopic (exact) mass is 383 g/mol. The van der Waals surface area contributed by atoms with Gasteiger partial charge in [0.05, 0.1) is 5.69 Å². The van der Waals surface area contributed by atoms with Crippen LogP contribution < -0.4 is 15.0 Å². The Hall–Kier alpha value is -3.19. The molecule has 1 N–H and O–H groups in total. The van der Waals surface area contributed by atoms with E-state index in [4.69, 9.17) is 4.74 Å². The van der Waals surface area contributed by atoms with Crippen LogP contribution in [-0.2, 0) is 9.59 Å². The summed E-state index contributed by atoms with van der Waals surface area (Å²) >= 11 is 0. The second-order valence-corrected chi connectivity index (χ2v) is 6.69. The van der Waals surface area contributed by atoms with Gasteiger partial charge in [0.2, 0.25) is 5.91 Å². The maximum Gasteiger partial charge on any atom is 0.265 e. The molecular weight excluding hydrogens is 361 g/mol. The lowest BCUT2D eigenvalue weighted by Crippen LogP contribution is -2.42. The predicted molar refractivity (Wildman–Crippen MR) is 107 cm³/mol. The van der Waals surface area contributed by atoms with Gasteiger partial charge in [-0.15, -0.1) is 0 Å². The molecule has 0 aromatic heterocycles. The van der Waals surface area contributed by atoms with Crippen LogP contribution >= 0.6 is 0 Å². The summed E-state index contributed by atoms with van der Waals surface area (Å²) in [4.78, 5) is 28.0. The number of anilines is 2. The maximum absolute atomic E-state index is 12.9. The molecule has 6 nitrogen and oxygen atoms in total. The number of benzene rings is 2. The molecule has 0 saturated heterocycles. The summed E-state index contributed by atoms with van der Waals surface area (Å²) in [6.45, 7) is 1.27. The summed E-state index contributed by atoms with van der Waals surface area (Å²) in [5, 5.41) is 2.76. The third kappa shape index (κ3) is 4.95. The van der Waals surface area contributed by atoms with E-state index < -0.39 is 0 Å². The van der Waals surface area contributed by atoms with Gasteiger partial charge in [-0.25, -0.2) is 4.39 Å². The molecule has 1 aliphatic rings. The highest BCUT2D eigenvalue weighted by molar-refractivity contribution is 6.03. The van der Waals surface area contributed by atoms with Gasteiger partial charge in [0.15, 0.2) is 6.61 Å². The number of hydrogen-bond acceptors (Lipinski definition) is 4. The fraction of sp³-hybridized carbons (Fsp3) is 0.238. The molecule has 0 fully saturated rings. The summed E-state index contributed by atoms with van der Waals surface area (Å²) in [5.41, 5.74) is 1.98. The summed E-state index contributed by atoms with van der Waals surface area (Å²) in [7, 11) is 3.90. The molecule has 2 aromatic carbocycles. The van der Waals surface area contributed by atoms with Gasteiger partial charge in [-0.3, -0.25) is 9.59 Å². The number of carbonyl (C=O) groups is 2. The highest BCUT2D eigenvalue weighted by atomic mass is 19.1. The molecule has 7 heteroatoms. The minimum absolute atomic E-state index is 0.0255. The van der Waals surface area contributed by atoms with Gasteiger partial charge in [-0.2, -0.15) is 0 Å². The summed E-state index contributed by atoms with van der Waals surface area (Å²) < 4.78 is 18.4. The van der Waals surface area contributed by atoms with Crippen LogP contribution in [0.3, 0.4) is 0 Å². The van der Waals surface area contributed by atoms with Crippen molar-refractivity contribution in [2.24, 2.45) is 0 Å². The van der Waals surface area contributed by atoms with Crippen LogP contribution in [0.1, 0.15) is 5.56 Å². The molecule has 2 amide bonds. The molecule has 0 saturated carbocycles. The van der Waals surface area contributed by atoms with Crippen molar-refractivity contribution in [3.05, 3.63) is 59.9 Å². The first-order valence-electron chi connectivity index (χ1n) is 8.89. The molecule has 0 spiro atoms. The van der Waals surface area contributed by atoms with E-state index >= 15 is 0 Å². The Morgan fingerprint density at radius 3 is 2.71 bits per heavy atom. The first kappa shape index (κ1) is 19.6. The van der Waals surface area contributed by atoms with E-state index in [9.17, 15) is 14.0 Å². The van der Waals surface area contributed by atoms with Crippen LogP contribution in [0.15, 0.2) is 48.5 Å². The lowest BCUT2D eigenvalue weighted by molar-refractivity contribution is -0.121. The Bertz CT molecular complexity index is 894. The lowest BCUT2D eigenvalue weighted by atomic mass is 10.2. The smallest absolute Gasteiger partial charge is 0.265 e. The van der Waals surface area contributed by atoms with E-state index in [2.05, 4.69) is 5.32 Å². The van der Waals surface area contributed by atoms with E-state index in [-0.39, 0.29) is 24.2 Å². The van der Waals surface area contributed by atoms with Crippen LogP contribution in [0, 0.1) is 5.82 Å². The molecule has 28 heavy (non-hydrogen) atoms. The van der Waals surface area contributed by atoms with E-state index in [1.807, 2.05) is 19.0 Å². The lowest BCUT2D eigenvalue weighted by Gasteiger charge is -2.30. The third-order valence-electron chi connectivity index (χ3n) is 4.24. The van der Waals surface area contributed by atoms with Crippen molar-refractivity contribution in [1.29, 1.82) is 0 Å². The number of hydrogen-bond donors (Lipinski definition) is 1. The average molecular weight is 383 g/mol. The topological polar surface area (TPSA) is 61.9 Å². The van der Waals surface area contributed by atoms with Gasteiger partial charge in [-0.05, 0) is 50.0 Å². The number of halogens is 1. The van der Waals surface area contributed by atoms with Crippen molar-refractivity contribution in [3.63, 3.8) is 0 Å². The molecular formula is C21H22FN3O3. The molecule has 1 heterocycles. The summed E-state index contributed by atoms with van der Waals surface area (Å²) in [6, 6.07) is 11.0. The van der Waals surface area contributed by atoms with Gasteiger partial charge in [0.1, 0.15) is 11.6 Å². The predicted octanol–water partition coefficient (Wildman–Crippen LogP) is 2.76. The quantitative estimate of drug-likeness (QED) is 0.780. The molecule has 2 aromatic rings. The highest BCUT2D eigenvalue weighted by Crippen LogP contribution is 2.34. The van der Waals surface area contributed by atoms with E-state index in [1.165, 1.54) is 18.2 Å². The second kappa shape index (κ2) is 8.67. The number of ether oxygens (including phenoxy) is 1. The number of likely N-dealkylation sites (N-methyl/N-ethyl adjacent to an activating group) is 1. The van der Waals surface area contributed by atoms with Crippen molar-refractivity contribution >= 4 is 29.3 Å². The zero-order valence-electron chi connectivity index (χ0n) is 15.8. The van der Waals surface area contributed by atoms with Gasteiger partial charge >= 0.3 is 0 Å². The Kier molecular flexibility index (Phi) is 6.06. The van der Waals surface area contributed by atoms with Crippen molar-refractivity contribution in [2.75, 3.05) is 44.0 Å². The van der Waals surface area contributed by atoms with Gasteiger partial charge < -0.3 is 19.9 Å². The largest absolute Gasteiger partial charge is 0.481 e. The Balaban J connectivity index is 1.68. The van der Waals surface area contributed by atoms with Crippen LogP contribution in [0.5, 0.6) is 5.75 Å². The third-order valence-corrected chi connectivity index (χ3v) is 4.24. The SMILES string of the molecule is CN(C)CCN1C(=O)COc2cc(NC(=O)/C=C/c3ccc(F)cc3)ccc21. The van der Waals surface area contributed by atoms with Crippen molar-refractivity contribution < 1.29 is 18.7 Å².